The Balaban J connectivity index is 1.53. The Bertz CT molecular complexity index is 1700. The van der Waals surface area contributed by atoms with Gasteiger partial charge in [0.15, 0.2) is 0 Å². The third kappa shape index (κ3) is 5.56. The molecule has 0 fully saturated rings. The van der Waals surface area contributed by atoms with E-state index < -0.39 is 0 Å². The summed E-state index contributed by atoms with van der Waals surface area (Å²) in [6.07, 6.45) is 1.56. The van der Waals surface area contributed by atoms with Crippen molar-refractivity contribution < 1.29 is 18.7 Å². The normalized spacial score (nSPS) is 14.8. The smallest absolute Gasteiger partial charge is 0.240 e. The number of carbonyl (C=O) groups excluding carboxylic acids is 2. The predicted molar refractivity (Wildman–Crippen MR) is 164 cm³/mol. The van der Waals surface area contributed by atoms with Crippen molar-refractivity contribution in [1.82, 2.24) is 15.1 Å². The molecular formula is C33H30N4O4S. The number of nitrogens with one attached hydrogen (secondary N) is 1. The number of aromatic nitrogens is 2. The summed E-state index contributed by atoms with van der Waals surface area (Å²) >= 11 is 1.55. The summed E-state index contributed by atoms with van der Waals surface area (Å²) in [7, 11) is 1.62. The zero-order valence-electron chi connectivity index (χ0n) is 23.3. The zero-order chi connectivity index (χ0) is 29.1. The summed E-state index contributed by atoms with van der Waals surface area (Å²) in [4.78, 5) is 28.7. The fraction of sp³-hybridized carbons (Fsp3) is 0.182. The minimum Gasteiger partial charge on any atom is -0.497 e. The van der Waals surface area contributed by atoms with Crippen LogP contribution in [0.25, 0.3) is 16.9 Å². The molecule has 0 saturated heterocycles. The summed E-state index contributed by atoms with van der Waals surface area (Å²) in [5.74, 6) is 1.66. The molecule has 1 aliphatic rings. The van der Waals surface area contributed by atoms with Gasteiger partial charge in [-0.3, -0.25) is 14.5 Å². The maximum absolute atomic E-state index is 13.9. The number of furan rings is 1. The first-order valence-corrected chi connectivity index (χ1v) is 14.7. The van der Waals surface area contributed by atoms with Crippen LogP contribution in [0.3, 0.4) is 0 Å². The van der Waals surface area contributed by atoms with E-state index in [9.17, 15) is 9.59 Å². The summed E-state index contributed by atoms with van der Waals surface area (Å²) in [5, 5.41) is 7.82. The van der Waals surface area contributed by atoms with Gasteiger partial charge in [0.25, 0.3) is 0 Å². The molecule has 1 aliphatic heterocycles. The van der Waals surface area contributed by atoms with Gasteiger partial charge in [-0.15, -0.1) is 11.8 Å². The number of thioether (sulfide) groups is 1. The van der Waals surface area contributed by atoms with E-state index in [0.29, 0.717) is 17.3 Å². The fourth-order valence-corrected chi connectivity index (χ4v) is 6.31. The Morgan fingerprint density at radius 3 is 2.57 bits per heavy atom. The van der Waals surface area contributed by atoms with Gasteiger partial charge in [0.2, 0.25) is 11.8 Å². The van der Waals surface area contributed by atoms with E-state index in [0.717, 1.165) is 33.6 Å². The molecule has 5 aromatic rings. The maximum Gasteiger partial charge on any atom is 0.240 e. The van der Waals surface area contributed by atoms with Crippen molar-refractivity contribution in [3.63, 3.8) is 0 Å². The van der Waals surface area contributed by atoms with Crippen LogP contribution in [0, 0.1) is 6.92 Å². The van der Waals surface area contributed by atoms with Crippen LogP contribution in [0.5, 0.6) is 5.75 Å². The fourth-order valence-electron chi connectivity index (χ4n) is 5.13. The van der Waals surface area contributed by atoms with Gasteiger partial charge in [-0.25, -0.2) is 4.68 Å². The summed E-state index contributed by atoms with van der Waals surface area (Å²) in [5.41, 5.74) is 5.52. The van der Waals surface area contributed by atoms with Gasteiger partial charge in [0.05, 0.1) is 42.3 Å². The maximum atomic E-state index is 13.9. The van der Waals surface area contributed by atoms with Crippen LogP contribution in [-0.2, 0) is 16.1 Å². The van der Waals surface area contributed by atoms with Crippen molar-refractivity contribution in [3.8, 4) is 22.7 Å². The van der Waals surface area contributed by atoms with E-state index in [4.69, 9.17) is 14.3 Å². The zero-order valence-corrected chi connectivity index (χ0v) is 24.1. The third-order valence-corrected chi connectivity index (χ3v) is 8.39. The van der Waals surface area contributed by atoms with E-state index in [1.807, 2.05) is 60.7 Å². The number of fused-ring (bicyclic) bond motifs is 1. The average molecular weight is 579 g/mol. The number of amides is 2. The molecule has 3 aromatic carbocycles. The highest BCUT2D eigenvalue weighted by molar-refractivity contribution is 8.00. The first kappa shape index (κ1) is 27.4. The van der Waals surface area contributed by atoms with Crippen molar-refractivity contribution in [2.75, 3.05) is 24.3 Å². The number of methoxy groups -OCH3 is 1. The SMILES string of the molecule is COc1ccc(-n2nc(-c3ccccc3)c3c2N(CC(=O)NCc2ccco2)C(=O)CS[C@H]3c2cccc(C)c2)cc1. The Kier molecular flexibility index (Phi) is 7.83. The molecule has 2 amide bonds. The van der Waals surface area contributed by atoms with Crippen molar-refractivity contribution in [3.05, 3.63) is 120 Å². The van der Waals surface area contributed by atoms with Crippen molar-refractivity contribution >= 4 is 29.4 Å². The third-order valence-electron chi connectivity index (χ3n) is 7.14. The lowest BCUT2D eigenvalue weighted by Gasteiger charge is -2.23. The number of rotatable bonds is 8. The molecule has 0 aliphatic carbocycles. The highest BCUT2D eigenvalue weighted by atomic mass is 32.2. The standard InChI is InChI=1S/C33H30N4O4S/c1-22-8-6-11-24(18-22)32-30-31(23-9-4-3-5-10-23)35-37(25-13-15-26(40-2)16-14-25)33(30)36(29(39)21-42-32)20-28(38)34-19-27-12-7-17-41-27/h3-18,32H,19-21H2,1-2H3,(H,34,38)/t32-/m0/s1. The van der Waals surface area contributed by atoms with Crippen LogP contribution in [0.4, 0.5) is 5.82 Å². The largest absolute Gasteiger partial charge is 0.497 e. The van der Waals surface area contributed by atoms with Crippen LogP contribution in [0.2, 0.25) is 0 Å². The average Bonchev–Trinajstić information content (AvgIpc) is 3.65. The summed E-state index contributed by atoms with van der Waals surface area (Å²) in [6.45, 7) is 2.13. The molecular weight excluding hydrogens is 548 g/mol. The molecule has 0 radical (unpaired) electrons. The second-order valence-electron chi connectivity index (χ2n) is 10.0. The van der Waals surface area contributed by atoms with Crippen molar-refractivity contribution in [2.24, 2.45) is 0 Å². The molecule has 1 N–H and O–H groups in total. The summed E-state index contributed by atoms with van der Waals surface area (Å²) < 4.78 is 12.5. The Hall–Kier alpha value is -4.76. The van der Waals surface area contributed by atoms with E-state index in [1.54, 1.807) is 46.8 Å². The second kappa shape index (κ2) is 12.0. The number of ether oxygens (including phenoxy) is 1. The lowest BCUT2D eigenvalue weighted by molar-refractivity contribution is -0.123. The van der Waals surface area contributed by atoms with Gasteiger partial charge in [-0.1, -0.05) is 60.2 Å². The topological polar surface area (TPSA) is 89.6 Å². The molecule has 9 heteroatoms. The van der Waals surface area contributed by atoms with E-state index in [1.165, 1.54) is 0 Å². The predicted octanol–water partition coefficient (Wildman–Crippen LogP) is 5.93. The van der Waals surface area contributed by atoms with Crippen molar-refractivity contribution in [2.45, 2.75) is 18.7 Å². The minimum absolute atomic E-state index is 0.163. The van der Waals surface area contributed by atoms with E-state index in [-0.39, 0.29) is 35.9 Å². The molecule has 0 spiro atoms. The van der Waals surface area contributed by atoms with Crippen LogP contribution in [-0.4, -0.2) is 41.0 Å². The van der Waals surface area contributed by atoms with Gasteiger partial charge in [-0.05, 0) is 48.9 Å². The molecule has 8 nitrogen and oxygen atoms in total. The Morgan fingerprint density at radius 1 is 1.05 bits per heavy atom. The lowest BCUT2D eigenvalue weighted by atomic mass is 9.98. The van der Waals surface area contributed by atoms with Gasteiger partial charge in [0, 0.05) is 11.1 Å². The molecule has 6 rings (SSSR count). The first-order chi connectivity index (χ1) is 20.5. The number of aryl methyl sites for hydroxylation is 1. The molecule has 1 atom stereocenters. The minimum atomic E-state index is -0.298. The van der Waals surface area contributed by atoms with Crippen molar-refractivity contribution in [1.29, 1.82) is 0 Å². The molecule has 0 unspecified atom stereocenters. The molecule has 212 valence electrons. The van der Waals surface area contributed by atoms with Gasteiger partial charge >= 0.3 is 0 Å². The van der Waals surface area contributed by atoms with Crippen LogP contribution in [0.1, 0.15) is 27.7 Å². The van der Waals surface area contributed by atoms with Gasteiger partial charge in [-0.2, -0.15) is 5.10 Å². The number of hydrogen-bond donors (Lipinski definition) is 1. The van der Waals surface area contributed by atoms with Gasteiger partial charge < -0.3 is 14.5 Å². The quantitative estimate of drug-likeness (QED) is 0.245. The first-order valence-electron chi connectivity index (χ1n) is 13.6. The van der Waals surface area contributed by atoms with Gasteiger partial charge in [0.1, 0.15) is 23.9 Å². The molecule has 0 saturated carbocycles. The number of carbonyl (C=O) groups is 2. The molecule has 0 bridgehead atoms. The number of anilines is 1. The Morgan fingerprint density at radius 2 is 1.86 bits per heavy atom. The van der Waals surface area contributed by atoms with Crippen LogP contribution >= 0.6 is 11.8 Å². The number of benzene rings is 3. The molecule has 42 heavy (non-hydrogen) atoms. The number of nitrogens with zero attached hydrogens (tertiary/aromatic N) is 3. The molecule has 3 heterocycles. The number of hydrogen-bond acceptors (Lipinski definition) is 6. The highest BCUT2D eigenvalue weighted by Crippen LogP contribution is 2.48. The van der Waals surface area contributed by atoms with Crippen LogP contribution in [0.15, 0.2) is 102 Å². The van der Waals surface area contributed by atoms with E-state index >= 15 is 0 Å². The summed E-state index contributed by atoms with van der Waals surface area (Å²) in [6, 6.07) is 29.4. The second-order valence-corrected chi connectivity index (χ2v) is 11.1. The molecule has 2 aromatic heterocycles. The van der Waals surface area contributed by atoms with E-state index in [2.05, 4.69) is 30.4 Å². The Labute approximate surface area is 248 Å². The lowest BCUT2D eigenvalue weighted by Crippen LogP contribution is -2.42. The monoisotopic (exact) mass is 578 g/mol. The highest BCUT2D eigenvalue weighted by Gasteiger charge is 2.37. The van der Waals surface area contributed by atoms with Crippen LogP contribution < -0.4 is 15.0 Å².